The maximum absolute atomic E-state index is 5.89. The average Bonchev–Trinajstić information content (AvgIpc) is 2.99. The van der Waals surface area contributed by atoms with E-state index in [0.29, 0.717) is 6.42 Å². The van der Waals surface area contributed by atoms with Crippen molar-refractivity contribution in [2.24, 2.45) is 0 Å². The number of anilines is 1. The molecule has 1 aromatic heterocycles. The van der Waals surface area contributed by atoms with Crippen molar-refractivity contribution in [1.82, 2.24) is 9.36 Å². The maximum Gasteiger partial charge on any atom is 0.202 e. The Morgan fingerprint density at radius 2 is 1.48 bits per heavy atom. The molecule has 0 aliphatic rings. The van der Waals surface area contributed by atoms with E-state index >= 15 is 0 Å². The van der Waals surface area contributed by atoms with E-state index in [9.17, 15) is 0 Å². The molecule has 1 N–H and O–H groups in total. The van der Waals surface area contributed by atoms with Crippen LogP contribution in [0.25, 0.3) is 0 Å². The van der Waals surface area contributed by atoms with E-state index in [4.69, 9.17) is 23.2 Å². The quantitative estimate of drug-likeness (QED) is 0.662. The van der Waals surface area contributed by atoms with Crippen LogP contribution in [0.1, 0.15) is 17.0 Å². The number of nitrogens with one attached hydrogen (secondary N) is 1. The lowest BCUT2D eigenvalue weighted by Crippen LogP contribution is -2.04. The highest BCUT2D eigenvalue weighted by atomic mass is 35.5. The number of rotatable bonds is 6. The zero-order valence-corrected chi connectivity index (χ0v) is 14.6. The van der Waals surface area contributed by atoms with E-state index in [1.807, 2.05) is 48.5 Å². The summed E-state index contributed by atoms with van der Waals surface area (Å²) in [6, 6.07) is 15.7. The van der Waals surface area contributed by atoms with Crippen molar-refractivity contribution in [3.63, 3.8) is 0 Å². The number of benzene rings is 2. The Morgan fingerprint density at radius 1 is 0.870 bits per heavy atom. The Kier molecular flexibility index (Phi) is 5.49. The molecule has 3 aromatic rings. The van der Waals surface area contributed by atoms with E-state index in [1.165, 1.54) is 17.1 Å². The Bertz CT molecular complexity index is 754. The predicted molar refractivity (Wildman–Crippen MR) is 97.8 cm³/mol. The van der Waals surface area contributed by atoms with Crippen LogP contribution in [0.4, 0.5) is 5.13 Å². The van der Waals surface area contributed by atoms with Gasteiger partial charge in [0.05, 0.1) is 0 Å². The fraction of sp³-hybridized carbons (Fsp3) is 0.176. The monoisotopic (exact) mass is 363 g/mol. The largest absolute Gasteiger partial charge is 0.360 e. The van der Waals surface area contributed by atoms with Crippen molar-refractivity contribution in [1.29, 1.82) is 0 Å². The van der Waals surface area contributed by atoms with E-state index in [2.05, 4.69) is 14.7 Å². The number of aromatic nitrogens is 2. The summed E-state index contributed by atoms with van der Waals surface area (Å²) in [5.74, 6) is 0.825. The molecule has 0 spiro atoms. The van der Waals surface area contributed by atoms with Crippen molar-refractivity contribution in [3.05, 3.63) is 75.5 Å². The first kappa shape index (κ1) is 16.2. The molecule has 0 aliphatic heterocycles. The highest BCUT2D eigenvalue weighted by molar-refractivity contribution is 7.09. The van der Waals surface area contributed by atoms with Gasteiger partial charge in [0, 0.05) is 34.5 Å². The van der Waals surface area contributed by atoms with Crippen LogP contribution >= 0.6 is 34.7 Å². The number of nitrogens with zero attached hydrogens (tertiary/aromatic N) is 2. The smallest absolute Gasteiger partial charge is 0.202 e. The molecule has 118 valence electrons. The minimum Gasteiger partial charge on any atom is -0.360 e. The Balaban J connectivity index is 1.51. The van der Waals surface area contributed by atoms with Gasteiger partial charge >= 0.3 is 0 Å². The van der Waals surface area contributed by atoms with Gasteiger partial charge in [-0.25, -0.2) is 4.98 Å². The van der Waals surface area contributed by atoms with Crippen LogP contribution in [-0.4, -0.2) is 15.9 Å². The van der Waals surface area contributed by atoms with Gasteiger partial charge in [0.25, 0.3) is 0 Å². The van der Waals surface area contributed by atoms with Gasteiger partial charge in [-0.3, -0.25) is 0 Å². The van der Waals surface area contributed by atoms with Gasteiger partial charge in [-0.05, 0) is 41.8 Å². The first-order valence-electron chi connectivity index (χ1n) is 7.24. The summed E-state index contributed by atoms with van der Waals surface area (Å²) in [5.41, 5.74) is 2.40. The van der Waals surface area contributed by atoms with Crippen LogP contribution in [-0.2, 0) is 12.8 Å². The summed E-state index contributed by atoms with van der Waals surface area (Å²) >= 11 is 13.2. The van der Waals surface area contributed by atoms with Crippen LogP contribution in [0.3, 0.4) is 0 Å². The van der Waals surface area contributed by atoms with E-state index in [0.717, 1.165) is 39.5 Å². The highest BCUT2D eigenvalue weighted by Gasteiger charge is 2.05. The summed E-state index contributed by atoms with van der Waals surface area (Å²) in [5, 5.41) is 5.67. The number of hydrogen-bond donors (Lipinski definition) is 1. The molecule has 3 nitrogen and oxygen atoms in total. The van der Waals surface area contributed by atoms with Gasteiger partial charge in [0.1, 0.15) is 5.82 Å². The van der Waals surface area contributed by atoms with Crippen molar-refractivity contribution in [3.8, 4) is 0 Å². The average molecular weight is 364 g/mol. The van der Waals surface area contributed by atoms with Crippen LogP contribution < -0.4 is 5.32 Å². The van der Waals surface area contributed by atoms with E-state index in [-0.39, 0.29) is 0 Å². The second-order valence-corrected chi connectivity index (χ2v) is 6.75. The molecule has 0 fully saturated rings. The highest BCUT2D eigenvalue weighted by Crippen LogP contribution is 2.16. The fourth-order valence-electron chi connectivity index (χ4n) is 2.15. The Labute approximate surface area is 149 Å². The molecule has 0 radical (unpaired) electrons. The zero-order chi connectivity index (χ0) is 16.1. The van der Waals surface area contributed by atoms with Crippen LogP contribution in [0.5, 0.6) is 0 Å². The number of hydrogen-bond acceptors (Lipinski definition) is 4. The van der Waals surface area contributed by atoms with Crippen LogP contribution in [0, 0.1) is 0 Å². The summed E-state index contributed by atoms with van der Waals surface area (Å²) < 4.78 is 4.39. The summed E-state index contributed by atoms with van der Waals surface area (Å²) in [6.07, 6.45) is 1.63. The van der Waals surface area contributed by atoms with Gasteiger partial charge in [0.2, 0.25) is 5.13 Å². The van der Waals surface area contributed by atoms with Crippen molar-refractivity contribution < 1.29 is 0 Å². The molecule has 0 unspecified atom stereocenters. The minimum atomic E-state index is 0.715. The van der Waals surface area contributed by atoms with Crippen LogP contribution in [0.15, 0.2) is 48.5 Å². The molecule has 6 heteroatoms. The van der Waals surface area contributed by atoms with Crippen molar-refractivity contribution in [2.75, 3.05) is 11.9 Å². The first-order valence-corrected chi connectivity index (χ1v) is 8.77. The van der Waals surface area contributed by atoms with Gasteiger partial charge in [-0.2, -0.15) is 4.37 Å². The third-order valence-corrected chi connectivity index (χ3v) is 4.56. The third kappa shape index (κ3) is 4.93. The topological polar surface area (TPSA) is 37.8 Å². The fourth-order valence-corrected chi connectivity index (χ4v) is 3.01. The van der Waals surface area contributed by atoms with Gasteiger partial charge in [-0.1, -0.05) is 47.5 Å². The molecule has 3 rings (SSSR count). The molecule has 0 aliphatic carbocycles. The Morgan fingerprint density at radius 3 is 2.13 bits per heavy atom. The lowest BCUT2D eigenvalue weighted by Gasteiger charge is -2.02. The van der Waals surface area contributed by atoms with Crippen molar-refractivity contribution >= 4 is 39.9 Å². The second kappa shape index (κ2) is 7.77. The molecule has 0 saturated heterocycles. The van der Waals surface area contributed by atoms with Crippen molar-refractivity contribution in [2.45, 2.75) is 12.8 Å². The molecule has 2 aromatic carbocycles. The number of halogens is 2. The molecule has 1 heterocycles. The van der Waals surface area contributed by atoms with Gasteiger partial charge in [-0.15, -0.1) is 0 Å². The lowest BCUT2D eigenvalue weighted by atomic mass is 10.1. The lowest BCUT2D eigenvalue weighted by molar-refractivity contribution is 0.995. The van der Waals surface area contributed by atoms with Gasteiger partial charge in [0.15, 0.2) is 0 Å². The standard InChI is InChI=1S/C17H15Cl2N3S/c18-14-5-1-12(2-6-14)9-10-20-17-21-16(22-23-17)11-13-3-7-15(19)8-4-13/h1-8H,9-11H2,(H,20,21,22). The minimum absolute atomic E-state index is 0.715. The normalized spacial score (nSPS) is 10.7. The molecule has 23 heavy (non-hydrogen) atoms. The molecule has 0 bridgehead atoms. The summed E-state index contributed by atoms with van der Waals surface area (Å²) in [4.78, 5) is 4.52. The molecular formula is C17H15Cl2N3S. The second-order valence-electron chi connectivity index (χ2n) is 5.12. The zero-order valence-electron chi connectivity index (χ0n) is 12.3. The molecule has 0 amide bonds. The molecule has 0 atom stereocenters. The molecular weight excluding hydrogens is 349 g/mol. The summed E-state index contributed by atoms with van der Waals surface area (Å²) in [7, 11) is 0. The first-order chi connectivity index (χ1) is 11.2. The van der Waals surface area contributed by atoms with E-state index < -0.39 is 0 Å². The SMILES string of the molecule is Clc1ccc(CCNc2nc(Cc3ccc(Cl)cc3)ns2)cc1. The maximum atomic E-state index is 5.89. The van der Waals surface area contributed by atoms with Gasteiger partial charge < -0.3 is 5.32 Å². The predicted octanol–water partition coefficient (Wildman–Crippen LogP) is 5.09. The Hall–Kier alpha value is -1.62. The van der Waals surface area contributed by atoms with E-state index in [1.54, 1.807) is 0 Å². The molecule has 0 saturated carbocycles. The third-order valence-electron chi connectivity index (χ3n) is 3.35. The summed E-state index contributed by atoms with van der Waals surface area (Å²) in [6.45, 7) is 0.817. The van der Waals surface area contributed by atoms with Crippen LogP contribution in [0.2, 0.25) is 10.0 Å².